The average molecular weight is 749 g/mol. The van der Waals surface area contributed by atoms with Crippen molar-refractivity contribution in [2.45, 2.75) is 51.0 Å². The van der Waals surface area contributed by atoms with E-state index in [0.29, 0.717) is 59.9 Å². The highest BCUT2D eigenvalue weighted by molar-refractivity contribution is 7.07. The Bertz CT molecular complexity index is 2120. The molecule has 0 spiro atoms. The molecular formula is C44H48N2O7S. The van der Waals surface area contributed by atoms with E-state index in [1.54, 1.807) is 39.8 Å². The van der Waals surface area contributed by atoms with E-state index in [9.17, 15) is 0 Å². The number of fused-ring (bicyclic) bond motifs is 2. The first kappa shape index (κ1) is 36.2. The molecule has 0 N–H and O–H groups in total. The van der Waals surface area contributed by atoms with Crippen molar-refractivity contribution >= 4 is 11.3 Å². The van der Waals surface area contributed by atoms with Crippen LogP contribution in [0.5, 0.6) is 46.0 Å². The molecule has 10 heteroatoms. The molecule has 9 nitrogen and oxygen atoms in total. The number of ether oxygens (including phenoxy) is 7. The summed E-state index contributed by atoms with van der Waals surface area (Å²) in [6.07, 6.45) is 3.22. The number of benzene rings is 4. The Kier molecular flexibility index (Phi) is 10.4. The van der Waals surface area contributed by atoms with Gasteiger partial charge in [0.15, 0.2) is 34.5 Å². The quantitative estimate of drug-likeness (QED) is 0.155. The summed E-state index contributed by atoms with van der Waals surface area (Å²) >= 11 is 1.67. The summed E-state index contributed by atoms with van der Waals surface area (Å²) < 4.78 is 44.5. The summed E-state index contributed by atoms with van der Waals surface area (Å²) in [5.74, 6) is 5.23. The molecule has 9 rings (SSSR count). The normalized spacial score (nSPS) is 18.1. The molecule has 2 unspecified atom stereocenters. The van der Waals surface area contributed by atoms with Gasteiger partial charge < -0.3 is 33.2 Å². The van der Waals surface area contributed by atoms with E-state index < -0.39 is 0 Å². The maximum Gasteiger partial charge on any atom is 0.204 e. The highest BCUT2D eigenvalue weighted by Gasteiger charge is 2.37. The van der Waals surface area contributed by atoms with Gasteiger partial charge >= 0.3 is 0 Å². The predicted octanol–water partition coefficient (Wildman–Crippen LogP) is 8.94. The first-order valence-electron chi connectivity index (χ1n) is 18.5. The van der Waals surface area contributed by atoms with Crippen LogP contribution in [0.2, 0.25) is 0 Å². The zero-order valence-electron chi connectivity index (χ0n) is 31.9. The van der Waals surface area contributed by atoms with Crippen LogP contribution in [0.3, 0.4) is 0 Å². The third kappa shape index (κ3) is 6.88. The van der Waals surface area contributed by atoms with Gasteiger partial charge in [0.1, 0.15) is 5.75 Å². The Labute approximate surface area is 321 Å². The van der Waals surface area contributed by atoms with Gasteiger partial charge in [-0.1, -0.05) is 18.2 Å². The molecule has 6 bridgehead atoms. The zero-order chi connectivity index (χ0) is 37.3. The number of methoxy groups -OCH3 is 4. The van der Waals surface area contributed by atoms with Gasteiger partial charge in [-0.2, -0.15) is 11.3 Å². The van der Waals surface area contributed by atoms with Crippen molar-refractivity contribution in [3.63, 3.8) is 0 Å². The largest absolute Gasteiger partial charge is 0.493 e. The minimum absolute atomic E-state index is 0.0823. The molecule has 0 saturated heterocycles. The molecule has 5 heterocycles. The SMILES string of the molecule is COc1ccc2cc1Oc1ccc(cc1)CC1c3cc(c(OC)cc3CCN1C)Oc1c(OC)c(OC)c(COCc3ccsc3)c3c1C(C2)N(C)CC3. The van der Waals surface area contributed by atoms with E-state index >= 15 is 0 Å². The lowest BCUT2D eigenvalue weighted by Crippen LogP contribution is -2.35. The van der Waals surface area contributed by atoms with Crippen molar-refractivity contribution in [1.82, 2.24) is 9.80 Å². The van der Waals surface area contributed by atoms with Crippen molar-refractivity contribution in [1.29, 1.82) is 0 Å². The molecule has 54 heavy (non-hydrogen) atoms. The predicted molar refractivity (Wildman–Crippen MR) is 210 cm³/mol. The van der Waals surface area contributed by atoms with Gasteiger partial charge in [0.25, 0.3) is 0 Å². The van der Waals surface area contributed by atoms with Gasteiger partial charge in [0.05, 0.1) is 41.7 Å². The molecule has 4 aromatic carbocycles. The summed E-state index contributed by atoms with van der Waals surface area (Å²) in [7, 11) is 11.1. The second kappa shape index (κ2) is 15.5. The molecule has 2 atom stereocenters. The van der Waals surface area contributed by atoms with Gasteiger partial charge in [-0.25, -0.2) is 0 Å². The Hall–Kier alpha value is -4.74. The summed E-state index contributed by atoms with van der Waals surface area (Å²) in [5.41, 5.74) is 9.15. The van der Waals surface area contributed by atoms with Crippen molar-refractivity contribution < 1.29 is 33.2 Å². The summed E-state index contributed by atoms with van der Waals surface area (Å²) in [4.78, 5) is 4.83. The molecular weight excluding hydrogens is 701 g/mol. The van der Waals surface area contributed by atoms with Crippen LogP contribution in [0, 0.1) is 0 Å². The van der Waals surface area contributed by atoms with Crippen LogP contribution < -0.4 is 28.4 Å². The first-order chi connectivity index (χ1) is 26.4. The van der Waals surface area contributed by atoms with E-state index in [4.69, 9.17) is 33.2 Å². The molecule has 0 radical (unpaired) electrons. The summed E-state index contributed by atoms with van der Waals surface area (Å²) in [6.45, 7) is 2.65. The Morgan fingerprint density at radius 1 is 0.704 bits per heavy atom. The van der Waals surface area contributed by atoms with Crippen molar-refractivity contribution in [2.24, 2.45) is 0 Å². The number of thiophene rings is 1. The number of hydrogen-bond donors (Lipinski definition) is 0. The van der Waals surface area contributed by atoms with Crippen molar-refractivity contribution in [3.8, 4) is 46.0 Å². The van der Waals surface area contributed by atoms with Crippen molar-refractivity contribution in [3.05, 3.63) is 116 Å². The molecule has 1 aromatic heterocycles. The minimum atomic E-state index is -0.0823. The number of hydrogen-bond acceptors (Lipinski definition) is 10. The van der Waals surface area contributed by atoms with Crippen LogP contribution >= 0.6 is 11.3 Å². The van der Waals surface area contributed by atoms with E-state index in [1.807, 2.05) is 6.07 Å². The Balaban J connectivity index is 1.34. The molecule has 282 valence electrons. The molecule has 0 aliphatic carbocycles. The second-order valence-corrected chi connectivity index (χ2v) is 15.1. The average Bonchev–Trinajstić information content (AvgIpc) is 3.71. The first-order valence-corrected chi connectivity index (χ1v) is 19.4. The number of nitrogens with zero attached hydrogens (tertiary/aromatic N) is 2. The number of likely N-dealkylation sites (N-methyl/N-ethyl adjacent to an activating group) is 2. The maximum absolute atomic E-state index is 7.21. The van der Waals surface area contributed by atoms with Gasteiger partial charge in [-0.3, -0.25) is 9.80 Å². The summed E-state index contributed by atoms with van der Waals surface area (Å²) in [6, 6.07) is 21.1. The second-order valence-electron chi connectivity index (χ2n) is 14.3. The lowest BCUT2D eigenvalue weighted by molar-refractivity contribution is 0.103. The van der Waals surface area contributed by atoms with Gasteiger partial charge in [0, 0.05) is 36.3 Å². The fourth-order valence-corrected chi connectivity index (χ4v) is 8.96. The lowest BCUT2D eigenvalue weighted by atomic mass is 9.84. The third-order valence-electron chi connectivity index (χ3n) is 11.2. The zero-order valence-corrected chi connectivity index (χ0v) is 32.7. The Morgan fingerprint density at radius 3 is 2.17 bits per heavy atom. The van der Waals surface area contributed by atoms with Crippen LogP contribution in [-0.4, -0.2) is 65.4 Å². The molecule has 4 aliphatic rings. The molecule has 5 aromatic rings. The fourth-order valence-electron chi connectivity index (χ4n) is 8.30. The van der Waals surface area contributed by atoms with E-state index in [-0.39, 0.29) is 12.1 Å². The van der Waals surface area contributed by atoms with Crippen LogP contribution in [0.15, 0.2) is 71.4 Å². The smallest absolute Gasteiger partial charge is 0.204 e. The standard InChI is InChI=1S/C44H48N2O7S/c1-45-16-13-30-22-38(48-4)40-23-33(30)35(45)19-27-7-10-31(11-8-27)52-39-21-28(9-12-37(39)47-3)20-36-41-32(14-17-46(36)2)34(25-51-24-29-15-18-54-26-29)42(49-5)44(50-6)43(41)53-40/h7-12,15,18,21-23,26,35-36H,13-14,16-17,19-20,24-25H2,1-6H3. The van der Waals surface area contributed by atoms with Crippen molar-refractivity contribution in [2.75, 3.05) is 55.6 Å². The Morgan fingerprint density at radius 2 is 1.43 bits per heavy atom. The van der Waals surface area contributed by atoms with Crippen LogP contribution in [0.25, 0.3) is 0 Å². The van der Waals surface area contributed by atoms with Crippen LogP contribution in [0.1, 0.15) is 56.6 Å². The molecule has 0 amide bonds. The van der Waals surface area contributed by atoms with Crippen LogP contribution in [-0.2, 0) is 43.6 Å². The lowest BCUT2D eigenvalue weighted by Gasteiger charge is -2.38. The minimum Gasteiger partial charge on any atom is -0.493 e. The topological polar surface area (TPSA) is 71.1 Å². The van der Waals surface area contributed by atoms with Gasteiger partial charge in [-0.15, -0.1) is 0 Å². The maximum atomic E-state index is 7.21. The fraction of sp³-hybridized carbons (Fsp3) is 0.364. The highest BCUT2D eigenvalue weighted by Crippen LogP contribution is 2.54. The van der Waals surface area contributed by atoms with E-state index in [1.165, 1.54) is 16.7 Å². The van der Waals surface area contributed by atoms with E-state index in [2.05, 4.69) is 89.3 Å². The van der Waals surface area contributed by atoms with Gasteiger partial charge in [0.2, 0.25) is 5.75 Å². The summed E-state index contributed by atoms with van der Waals surface area (Å²) in [5, 5.41) is 4.19. The molecule has 0 saturated carbocycles. The molecule has 0 fully saturated rings. The molecule has 4 aliphatic heterocycles. The third-order valence-corrected chi connectivity index (χ3v) is 11.9. The monoisotopic (exact) mass is 748 g/mol. The van der Waals surface area contributed by atoms with Gasteiger partial charge in [-0.05, 0) is 126 Å². The highest BCUT2D eigenvalue weighted by atomic mass is 32.1. The number of rotatable bonds is 8. The van der Waals surface area contributed by atoms with E-state index in [0.717, 1.165) is 65.9 Å². The van der Waals surface area contributed by atoms with Crippen LogP contribution in [0.4, 0.5) is 0 Å².